The minimum Gasteiger partial charge on any atom is -0.376 e. The molecule has 3 aromatic rings. The highest BCUT2D eigenvalue weighted by Gasteiger charge is 2.10. The minimum atomic E-state index is -0.231. The Morgan fingerprint density at radius 1 is 0.719 bits per heavy atom. The second-order valence-electron chi connectivity index (χ2n) is 7.18. The number of amides is 3. The van der Waals surface area contributed by atoms with E-state index in [0.717, 1.165) is 5.56 Å². The van der Waals surface area contributed by atoms with E-state index in [-0.39, 0.29) is 24.3 Å². The van der Waals surface area contributed by atoms with Crippen molar-refractivity contribution in [2.24, 2.45) is 0 Å². The van der Waals surface area contributed by atoms with Crippen molar-refractivity contribution in [3.05, 3.63) is 83.9 Å². The molecule has 3 amide bonds. The third-order valence-corrected chi connectivity index (χ3v) is 4.81. The Morgan fingerprint density at radius 2 is 1.34 bits per heavy atom. The van der Waals surface area contributed by atoms with Crippen molar-refractivity contribution in [1.82, 2.24) is 0 Å². The number of rotatable bonds is 8. The minimum absolute atomic E-state index is 0.0427. The van der Waals surface area contributed by atoms with E-state index >= 15 is 0 Å². The van der Waals surface area contributed by atoms with Crippen LogP contribution in [0.1, 0.15) is 29.3 Å². The first-order valence-corrected chi connectivity index (χ1v) is 10.4. The van der Waals surface area contributed by atoms with Crippen LogP contribution in [0.4, 0.5) is 22.7 Å². The van der Waals surface area contributed by atoms with Crippen molar-refractivity contribution in [3.8, 4) is 0 Å². The Bertz CT molecular complexity index is 1110. The van der Waals surface area contributed by atoms with Crippen LogP contribution in [-0.2, 0) is 9.59 Å². The summed E-state index contributed by atoms with van der Waals surface area (Å²) in [5, 5.41) is 11.6. The molecule has 0 aliphatic heterocycles. The lowest BCUT2D eigenvalue weighted by molar-refractivity contribution is -0.116. The van der Waals surface area contributed by atoms with Crippen LogP contribution in [0, 0.1) is 6.92 Å². The molecular weight excluding hydrogens is 404 g/mol. The first kappa shape index (κ1) is 22.6. The summed E-state index contributed by atoms with van der Waals surface area (Å²) in [5.41, 5.74) is 3.98. The molecule has 0 bridgehead atoms. The SMILES string of the molecule is CCC(=O)Nc1cccc(NC(=O)CNc2cccc(NC(=O)c3ccccc3)c2)c1C. The monoisotopic (exact) mass is 430 g/mol. The fraction of sp³-hybridized carbons (Fsp3) is 0.160. The van der Waals surface area contributed by atoms with E-state index in [1.165, 1.54) is 0 Å². The van der Waals surface area contributed by atoms with Crippen molar-refractivity contribution in [1.29, 1.82) is 0 Å². The average Bonchev–Trinajstić information content (AvgIpc) is 2.81. The fourth-order valence-corrected chi connectivity index (χ4v) is 3.02. The molecule has 0 spiro atoms. The topological polar surface area (TPSA) is 99.3 Å². The highest BCUT2D eigenvalue weighted by Crippen LogP contribution is 2.23. The van der Waals surface area contributed by atoms with Gasteiger partial charge in [-0.05, 0) is 55.0 Å². The van der Waals surface area contributed by atoms with Crippen LogP contribution in [0.3, 0.4) is 0 Å². The summed E-state index contributed by atoms with van der Waals surface area (Å²) in [5.74, 6) is -0.519. The summed E-state index contributed by atoms with van der Waals surface area (Å²) in [6.07, 6.45) is 0.380. The lowest BCUT2D eigenvalue weighted by Crippen LogP contribution is -2.22. The molecule has 0 unspecified atom stereocenters. The molecule has 0 fully saturated rings. The molecular formula is C25H26N4O3. The molecule has 0 saturated carbocycles. The summed E-state index contributed by atoms with van der Waals surface area (Å²) in [6, 6.07) is 21.5. The first-order chi connectivity index (χ1) is 15.5. The molecule has 0 aliphatic carbocycles. The zero-order chi connectivity index (χ0) is 22.9. The second kappa shape index (κ2) is 10.8. The molecule has 32 heavy (non-hydrogen) atoms. The molecule has 164 valence electrons. The van der Waals surface area contributed by atoms with E-state index in [0.29, 0.717) is 34.7 Å². The largest absolute Gasteiger partial charge is 0.376 e. The number of benzene rings is 3. The van der Waals surface area contributed by atoms with E-state index in [1.54, 1.807) is 67.6 Å². The number of nitrogens with one attached hydrogen (secondary N) is 4. The summed E-state index contributed by atoms with van der Waals surface area (Å²) in [6.45, 7) is 3.67. The number of anilines is 4. The number of hydrogen-bond acceptors (Lipinski definition) is 4. The van der Waals surface area contributed by atoms with Crippen LogP contribution < -0.4 is 21.3 Å². The molecule has 4 N–H and O–H groups in total. The van der Waals surface area contributed by atoms with Gasteiger partial charge in [-0.2, -0.15) is 0 Å². The van der Waals surface area contributed by atoms with Gasteiger partial charge in [0.1, 0.15) is 0 Å². The third-order valence-electron chi connectivity index (χ3n) is 4.81. The molecule has 0 atom stereocenters. The van der Waals surface area contributed by atoms with Crippen LogP contribution in [0.2, 0.25) is 0 Å². The Labute approximate surface area is 187 Å². The van der Waals surface area contributed by atoms with Crippen molar-refractivity contribution in [3.63, 3.8) is 0 Å². The van der Waals surface area contributed by atoms with Crippen molar-refractivity contribution >= 4 is 40.5 Å². The van der Waals surface area contributed by atoms with Crippen LogP contribution in [-0.4, -0.2) is 24.3 Å². The highest BCUT2D eigenvalue weighted by atomic mass is 16.2. The van der Waals surface area contributed by atoms with Gasteiger partial charge in [-0.1, -0.05) is 37.3 Å². The van der Waals surface area contributed by atoms with Crippen LogP contribution in [0.5, 0.6) is 0 Å². The van der Waals surface area contributed by atoms with Crippen LogP contribution in [0.25, 0.3) is 0 Å². The van der Waals surface area contributed by atoms with Gasteiger partial charge in [0, 0.05) is 34.7 Å². The van der Waals surface area contributed by atoms with Gasteiger partial charge >= 0.3 is 0 Å². The first-order valence-electron chi connectivity index (χ1n) is 10.4. The highest BCUT2D eigenvalue weighted by molar-refractivity contribution is 6.04. The fourth-order valence-electron chi connectivity index (χ4n) is 3.02. The van der Waals surface area contributed by atoms with Gasteiger partial charge in [0.2, 0.25) is 11.8 Å². The molecule has 3 rings (SSSR count). The van der Waals surface area contributed by atoms with Gasteiger partial charge in [0.05, 0.1) is 6.54 Å². The van der Waals surface area contributed by atoms with Crippen molar-refractivity contribution in [2.45, 2.75) is 20.3 Å². The van der Waals surface area contributed by atoms with Crippen molar-refractivity contribution in [2.75, 3.05) is 27.8 Å². The normalized spacial score (nSPS) is 10.2. The summed E-state index contributed by atoms with van der Waals surface area (Å²) >= 11 is 0. The lowest BCUT2D eigenvalue weighted by atomic mass is 10.1. The molecule has 0 heterocycles. The zero-order valence-electron chi connectivity index (χ0n) is 18.1. The quantitative estimate of drug-likeness (QED) is 0.418. The maximum atomic E-state index is 12.4. The van der Waals surface area contributed by atoms with Gasteiger partial charge in [-0.15, -0.1) is 0 Å². The molecule has 3 aromatic carbocycles. The molecule has 7 heteroatoms. The van der Waals surface area contributed by atoms with Gasteiger partial charge in [0.25, 0.3) is 5.91 Å². The molecule has 7 nitrogen and oxygen atoms in total. The van der Waals surface area contributed by atoms with Gasteiger partial charge in [-0.25, -0.2) is 0 Å². The molecule has 0 saturated heterocycles. The van der Waals surface area contributed by atoms with Gasteiger partial charge in [-0.3, -0.25) is 14.4 Å². The summed E-state index contributed by atoms with van der Waals surface area (Å²) in [4.78, 5) is 36.4. The van der Waals surface area contributed by atoms with Crippen LogP contribution >= 0.6 is 0 Å². The summed E-state index contributed by atoms with van der Waals surface area (Å²) in [7, 11) is 0. The number of carbonyl (C=O) groups excluding carboxylic acids is 3. The van der Waals surface area contributed by atoms with E-state index in [1.807, 2.05) is 19.1 Å². The smallest absolute Gasteiger partial charge is 0.255 e. The molecule has 0 aromatic heterocycles. The summed E-state index contributed by atoms with van der Waals surface area (Å²) < 4.78 is 0. The number of carbonyl (C=O) groups is 3. The lowest BCUT2D eigenvalue weighted by Gasteiger charge is -2.14. The van der Waals surface area contributed by atoms with Gasteiger partial charge < -0.3 is 21.3 Å². The van der Waals surface area contributed by atoms with E-state index < -0.39 is 0 Å². The van der Waals surface area contributed by atoms with Crippen LogP contribution in [0.15, 0.2) is 72.8 Å². The Morgan fingerprint density at radius 3 is 2.03 bits per heavy atom. The Balaban J connectivity index is 1.57. The standard InChI is InChI=1S/C25H26N4O3/c1-3-23(30)28-21-13-8-14-22(17(21)2)29-24(31)16-26-19-11-7-12-20(15-19)27-25(32)18-9-5-4-6-10-18/h4-15,26H,3,16H2,1-2H3,(H,27,32)(H,28,30)(H,29,31). The average molecular weight is 431 g/mol. The van der Waals surface area contributed by atoms with E-state index in [2.05, 4.69) is 21.3 Å². The Hall–Kier alpha value is -4.13. The maximum absolute atomic E-state index is 12.4. The van der Waals surface area contributed by atoms with Gasteiger partial charge in [0.15, 0.2) is 0 Å². The zero-order valence-corrected chi connectivity index (χ0v) is 18.1. The predicted octanol–water partition coefficient (Wildman–Crippen LogP) is 4.65. The van der Waals surface area contributed by atoms with E-state index in [4.69, 9.17) is 0 Å². The Kier molecular flexibility index (Phi) is 7.59. The number of hydrogen-bond donors (Lipinski definition) is 4. The predicted molar refractivity (Wildman–Crippen MR) is 128 cm³/mol. The molecule has 0 aliphatic rings. The second-order valence-corrected chi connectivity index (χ2v) is 7.18. The third kappa shape index (κ3) is 6.18. The van der Waals surface area contributed by atoms with Crippen molar-refractivity contribution < 1.29 is 14.4 Å². The van der Waals surface area contributed by atoms with E-state index in [9.17, 15) is 14.4 Å². The maximum Gasteiger partial charge on any atom is 0.255 e. The molecule has 0 radical (unpaired) electrons.